The monoisotopic (exact) mass is 295 g/mol. The molecule has 0 unspecified atom stereocenters. The summed E-state index contributed by atoms with van der Waals surface area (Å²) in [5.41, 5.74) is 2.75. The lowest BCUT2D eigenvalue weighted by Gasteiger charge is -2.29. The van der Waals surface area contributed by atoms with E-state index in [0.29, 0.717) is 0 Å². The van der Waals surface area contributed by atoms with Gasteiger partial charge in [0.15, 0.2) is 0 Å². The molecule has 22 heavy (non-hydrogen) atoms. The third-order valence-electron chi connectivity index (χ3n) is 4.02. The summed E-state index contributed by atoms with van der Waals surface area (Å²) in [6.45, 7) is 3.93. The molecule has 1 saturated heterocycles. The van der Waals surface area contributed by atoms with Crippen LogP contribution in [0.25, 0.3) is 0 Å². The van der Waals surface area contributed by atoms with Crippen LogP contribution >= 0.6 is 0 Å². The van der Waals surface area contributed by atoms with Gasteiger partial charge in [0.2, 0.25) is 0 Å². The highest BCUT2D eigenvalue weighted by Crippen LogP contribution is 2.20. The summed E-state index contributed by atoms with van der Waals surface area (Å²) in [7, 11) is 1.81. The van der Waals surface area contributed by atoms with Crippen LogP contribution in [0.5, 0.6) is 0 Å². The molecular weight excluding hydrogens is 274 g/mol. The molecule has 0 bridgehead atoms. The summed E-state index contributed by atoms with van der Waals surface area (Å²) in [6.07, 6.45) is 0. The number of benzene rings is 2. The number of amides is 1. The van der Waals surface area contributed by atoms with E-state index in [2.05, 4.69) is 16.3 Å². The summed E-state index contributed by atoms with van der Waals surface area (Å²) in [6, 6.07) is 17.6. The van der Waals surface area contributed by atoms with Crippen LogP contribution in [0, 0.1) is 0 Å². The number of carbonyl (C=O) groups excluding carboxylic acids is 1. The molecular formula is C18H21N3O. The van der Waals surface area contributed by atoms with Crippen molar-refractivity contribution in [3.8, 4) is 0 Å². The molecule has 0 aliphatic carbocycles. The van der Waals surface area contributed by atoms with Crippen molar-refractivity contribution in [1.82, 2.24) is 5.32 Å². The zero-order chi connectivity index (χ0) is 15.4. The molecule has 3 rings (SSSR count). The van der Waals surface area contributed by atoms with Gasteiger partial charge in [-0.3, -0.25) is 4.79 Å². The van der Waals surface area contributed by atoms with Crippen molar-refractivity contribution in [3.63, 3.8) is 0 Å². The number of piperazine rings is 1. The van der Waals surface area contributed by atoms with Crippen molar-refractivity contribution >= 4 is 17.3 Å². The van der Waals surface area contributed by atoms with E-state index in [1.807, 2.05) is 55.6 Å². The van der Waals surface area contributed by atoms with Crippen LogP contribution in [0.4, 0.5) is 11.4 Å². The molecule has 0 saturated carbocycles. The molecule has 0 spiro atoms. The van der Waals surface area contributed by atoms with E-state index in [9.17, 15) is 4.79 Å². The van der Waals surface area contributed by atoms with Crippen molar-refractivity contribution in [2.24, 2.45) is 0 Å². The fourth-order valence-electron chi connectivity index (χ4n) is 2.72. The van der Waals surface area contributed by atoms with Crippen molar-refractivity contribution in [3.05, 3.63) is 60.2 Å². The van der Waals surface area contributed by atoms with Crippen molar-refractivity contribution in [1.29, 1.82) is 0 Å². The predicted octanol–water partition coefficient (Wildman–Crippen LogP) is 2.37. The maximum absolute atomic E-state index is 12.7. The lowest BCUT2D eigenvalue weighted by Crippen LogP contribution is -2.43. The maximum atomic E-state index is 12.7. The van der Waals surface area contributed by atoms with Gasteiger partial charge in [0.25, 0.3) is 5.91 Å². The molecule has 1 N–H and O–H groups in total. The Morgan fingerprint density at radius 3 is 2.50 bits per heavy atom. The SMILES string of the molecule is CN(C(=O)c1cccc(N2CCNCC2)c1)c1ccccc1. The lowest BCUT2D eigenvalue weighted by atomic mass is 10.1. The Kier molecular flexibility index (Phi) is 4.39. The second-order valence-corrected chi connectivity index (χ2v) is 5.49. The fourth-order valence-corrected chi connectivity index (χ4v) is 2.72. The Balaban J connectivity index is 1.80. The summed E-state index contributed by atoms with van der Waals surface area (Å²) in [5.74, 6) is 0.0168. The number of anilines is 2. The van der Waals surface area contributed by atoms with Crippen LogP contribution in [-0.4, -0.2) is 39.1 Å². The molecule has 2 aromatic rings. The number of nitrogens with zero attached hydrogens (tertiary/aromatic N) is 2. The second kappa shape index (κ2) is 6.62. The first-order valence-corrected chi connectivity index (χ1v) is 7.64. The first-order chi connectivity index (χ1) is 10.8. The minimum atomic E-state index is 0.0168. The minimum Gasteiger partial charge on any atom is -0.369 e. The van der Waals surface area contributed by atoms with Gasteiger partial charge in [-0.25, -0.2) is 0 Å². The normalized spacial score (nSPS) is 14.7. The molecule has 0 radical (unpaired) electrons. The third kappa shape index (κ3) is 3.12. The largest absolute Gasteiger partial charge is 0.369 e. The minimum absolute atomic E-state index is 0.0168. The van der Waals surface area contributed by atoms with Crippen molar-refractivity contribution < 1.29 is 4.79 Å². The molecule has 1 heterocycles. The Bertz CT molecular complexity index is 636. The van der Waals surface area contributed by atoms with Crippen LogP contribution in [0.3, 0.4) is 0 Å². The quantitative estimate of drug-likeness (QED) is 0.944. The van der Waals surface area contributed by atoms with E-state index in [0.717, 1.165) is 43.1 Å². The highest BCUT2D eigenvalue weighted by Gasteiger charge is 2.16. The van der Waals surface area contributed by atoms with Gasteiger partial charge in [-0.2, -0.15) is 0 Å². The van der Waals surface area contributed by atoms with Crippen LogP contribution in [-0.2, 0) is 0 Å². The molecule has 1 fully saturated rings. The fraction of sp³-hybridized carbons (Fsp3) is 0.278. The zero-order valence-electron chi connectivity index (χ0n) is 12.8. The topological polar surface area (TPSA) is 35.6 Å². The van der Waals surface area contributed by atoms with Gasteiger partial charge in [0.05, 0.1) is 0 Å². The third-order valence-corrected chi connectivity index (χ3v) is 4.02. The van der Waals surface area contributed by atoms with E-state index in [1.165, 1.54) is 0 Å². The van der Waals surface area contributed by atoms with Gasteiger partial charge in [0, 0.05) is 50.2 Å². The number of nitrogens with one attached hydrogen (secondary N) is 1. The van der Waals surface area contributed by atoms with Crippen LogP contribution in [0.1, 0.15) is 10.4 Å². The van der Waals surface area contributed by atoms with Gasteiger partial charge in [-0.05, 0) is 30.3 Å². The lowest BCUT2D eigenvalue weighted by molar-refractivity contribution is 0.0993. The Hall–Kier alpha value is -2.33. The summed E-state index contributed by atoms with van der Waals surface area (Å²) < 4.78 is 0. The first-order valence-electron chi connectivity index (χ1n) is 7.64. The standard InChI is InChI=1S/C18H21N3O/c1-20(16-7-3-2-4-8-16)18(22)15-6-5-9-17(14-15)21-12-10-19-11-13-21/h2-9,14,19H,10-13H2,1H3. The Morgan fingerprint density at radius 2 is 1.77 bits per heavy atom. The Labute approximate surface area is 131 Å². The second-order valence-electron chi connectivity index (χ2n) is 5.49. The number of hydrogen-bond acceptors (Lipinski definition) is 3. The smallest absolute Gasteiger partial charge is 0.258 e. The summed E-state index contributed by atoms with van der Waals surface area (Å²) >= 11 is 0. The molecule has 0 atom stereocenters. The number of para-hydroxylation sites is 1. The van der Waals surface area contributed by atoms with Crippen molar-refractivity contribution in [2.45, 2.75) is 0 Å². The number of rotatable bonds is 3. The van der Waals surface area contributed by atoms with Crippen molar-refractivity contribution in [2.75, 3.05) is 43.0 Å². The first kappa shape index (κ1) is 14.6. The summed E-state index contributed by atoms with van der Waals surface area (Å²) in [4.78, 5) is 16.7. The van der Waals surface area contributed by atoms with E-state index >= 15 is 0 Å². The molecule has 4 heteroatoms. The van der Waals surface area contributed by atoms with E-state index in [-0.39, 0.29) is 5.91 Å². The Morgan fingerprint density at radius 1 is 1.05 bits per heavy atom. The highest BCUT2D eigenvalue weighted by atomic mass is 16.2. The van der Waals surface area contributed by atoms with Gasteiger partial charge in [0.1, 0.15) is 0 Å². The van der Waals surface area contributed by atoms with Crippen LogP contribution in [0.2, 0.25) is 0 Å². The molecule has 1 aliphatic heterocycles. The van der Waals surface area contributed by atoms with E-state index in [4.69, 9.17) is 0 Å². The maximum Gasteiger partial charge on any atom is 0.258 e. The zero-order valence-corrected chi connectivity index (χ0v) is 12.8. The molecule has 2 aromatic carbocycles. The van der Waals surface area contributed by atoms with E-state index < -0.39 is 0 Å². The number of carbonyl (C=O) groups is 1. The number of hydrogen-bond donors (Lipinski definition) is 1. The molecule has 0 aromatic heterocycles. The van der Waals surface area contributed by atoms with Crippen LogP contribution < -0.4 is 15.1 Å². The van der Waals surface area contributed by atoms with Gasteiger partial charge >= 0.3 is 0 Å². The van der Waals surface area contributed by atoms with Gasteiger partial charge in [-0.15, -0.1) is 0 Å². The van der Waals surface area contributed by atoms with Gasteiger partial charge < -0.3 is 15.1 Å². The summed E-state index contributed by atoms with van der Waals surface area (Å²) in [5, 5.41) is 3.34. The average molecular weight is 295 g/mol. The van der Waals surface area contributed by atoms with E-state index in [1.54, 1.807) is 4.90 Å². The molecule has 4 nitrogen and oxygen atoms in total. The average Bonchev–Trinajstić information content (AvgIpc) is 2.62. The highest BCUT2D eigenvalue weighted by molar-refractivity contribution is 6.06. The van der Waals surface area contributed by atoms with Gasteiger partial charge in [-0.1, -0.05) is 24.3 Å². The molecule has 114 valence electrons. The predicted molar refractivity (Wildman–Crippen MR) is 90.7 cm³/mol. The van der Waals surface area contributed by atoms with Crippen LogP contribution in [0.15, 0.2) is 54.6 Å². The molecule has 1 aliphatic rings. The molecule has 1 amide bonds.